The van der Waals surface area contributed by atoms with Gasteiger partial charge in [-0.05, 0) is 52.2 Å². The van der Waals surface area contributed by atoms with Gasteiger partial charge in [-0.3, -0.25) is 4.79 Å². The first kappa shape index (κ1) is 20.3. The summed E-state index contributed by atoms with van der Waals surface area (Å²) in [6.07, 6.45) is 0.998. The number of nitrogens with zero attached hydrogens (tertiary/aromatic N) is 2. The van der Waals surface area contributed by atoms with Crippen LogP contribution in [0, 0.1) is 0 Å². The zero-order valence-corrected chi connectivity index (χ0v) is 15.3. The van der Waals surface area contributed by atoms with Crippen LogP contribution in [0.2, 0.25) is 5.02 Å². The first-order valence-electron chi connectivity index (χ1n) is 8.04. The van der Waals surface area contributed by atoms with Crippen molar-refractivity contribution in [2.75, 3.05) is 45.7 Å². The largest absolute Gasteiger partial charge is 0.466 e. The number of amides is 2. The van der Waals surface area contributed by atoms with Crippen molar-refractivity contribution in [3.8, 4) is 0 Å². The molecule has 7 heteroatoms. The number of carbonyl (C=O) groups is 2. The zero-order valence-electron chi connectivity index (χ0n) is 14.5. The molecule has 0 heterocycles. The van der Waals surface area contributed by atoms with Crippen LogP contribution < -0.4 is 5.32 Å². The normalized spacial score (nSPS) is 10.5. The van der Waals surface area contributed by atoms with E-state index in [0.717, 1.165) is 13.0 Å². The molecule has 0 saturated carbocycles. The molecule has 1 aromatic carbocycles. The Kier molecular flexibility index (Phi) is 9.19. The monoisotopic (exact) mass is 355 g/mol. The molecule has 134 valence electrons. The smallest absolute Gasteiger partial charge is 0.321 e. The Labute approximate surface area is 148 Å². The number of esters is 1. The highest BCUT2D eigenvalue weighted by Gasteiger charge is 2.15. The van der Waals surface area contributed by atoms with E-state index >= 15 is 0 Å². The second-order valence-electron chi connectivity index (χ2n) is 5.64. The summed E-state index contributed by atoms with van der Waals surface area (Å²) in [6, 6.07) is 6.72. The van der Waals surface area contributed by atoms with Gasteiger partial charge in [0.1, 0.15) is 0 Å². The van der Waals surface area contributed by atoms with Gasteiger partial charge in [-0.2, -0.15) is 0 Å². The van der Waals surface area contributed by atoms with Gasteiger partial charge >= 0.3 is 12.0 Å². The number of carbonyl (C=O) groups excluding carboxylic acids is 2. The number of anilines is 1. The molecule has 0 spiro atoms. The number of ether oxygens (including phenoxy) is 1. The van der Waals surface area contributed by atoms with Gasteiger partial charge < -0.3 is 19.9 Å². The number of rotatable bonds is 9. The number of halogens is 1. The van der Waals surface area contributed by atoms with Gasteiger partial charge in [0, 0.05) is 23.8 Å². The summed E-state index contributed by atoms with van der Waals surface area (Å²) in [6.45, 7) is 3.84. The average molecular weight is 356 g/mol. The number of hydrogen-bond donors (Lipinski definition) is 1. The predicted molar refractivity (Wildman–Crippen MR) is 96.5 cm³/mol. The van der Waals surface area contributed by atoms with E-state index in [4.69, 9.17) is 16.3 Å². The summed E-state index contributed by atoms with van der Waals surface area (Å²) in [4.78, 5) is 27.7. The fourth-order valence-electron chi connectivity index (χ4n) is 2.12. The van der Waals surface area contributed by atoms with Gasteiger partial charge in [0.15, 0.2) is 0 Å². The molecular formula is C17H26ClN3O3. The highest BCUT2D eigenvalue weighted by atomic mass is 35.5. The Hall–Kier alpha value is -1.79. The van der Waals surface area contributed by atoms with Gasteiger partial charge in [-0.1, -0.05) is 17.7 Å². The van der Waals surface area contributed by atoms with Crippen LogP contribution in [0.3, 0.4) is 0 Å². The van der Waals surface area contributed by atoms with Crippen molar-refractivity contribution in [3.05, 3.63) is 29.3 Å². The van der Waals surface area contributed by atoms with Crippen LogP contribution in [0.15, 0.2) is 24.3 Å². The molecule has 0 aliphatic heterocycles. The van der Waals surface area contributed by atoms with Crippen LogP contribution >= 0.6 is 11.6 Å². The van der Waals surface area contributed by atoms with Crippen molar-refractivity contribution < 1.29 is 14.3 Å². The lowest BCUT2D eigenvalue weighted by molar-refractivity contribution is -0.143. The van der Waals surface area contributed by atoms with E-state index in [2.05, 4.69) is 10.2 Å². The SMILES string of the molecule is CCOC(=O)CCN(CCCN(C)C)C(=O)Nc1cccc(Cl)c1. The van der Waals surface area contributed by atoms with Crippen molar-refractivity contribution >= 4 is 29.3 Å². The van der Waals surface area contributed by atoms with Crippen molar-refractivity contribution in [2.45, 2.75) is 19.8 Å². The Morgan fingerprint density at radius 2 is 1.96 bits per heavy atom. The highest BCUT2D eigenvalue weighted by molar-refractivity contribution is 6.30. The highest BCUT2D eigenvalue weighted by Crippen LogP contribution is 2.15. The first-order chi connectivity index (χ1) is 11.4. The van der Waals surface area contributed by atoms with E-state index < -0.39 is 0 Å². The third-order valence-corrected chi connectivity index (χ3v) is 3.52. The fourth-order valence-corrected chi connectivity index (χ4v) is 2.31. The van der Waals surface area contributed by atoms with Crippen LogP contribution in [-0.2, 0) is 9.53 Å². The van der Waals surface area contributed by atoms with E-state index in [1.54, 1.807) is 36.1 Å². The number of nitrogens with one attached hydrogen (secondary N) is 1. The number of urea groups is 1. The summed E-state index contributed by atoms with van der Waals surface area (Å²) in [5.74, 6) is -0.300. The van der Waals surface area contributed by atoms with Gasteiger partial charge in [0.05, 0.1) is 13.0 Å². The molecule has 1 N–H and O–H groups in total. The average Bonchev–Trinajstić information content (AvgIpc) is 2.50. The van der Waals surface area contributed by atoms with E-state index in [9.17, 15) is 9.59 Å². The van der Waals surface area contributed by atoms with E-state index in [-0.39, 0.29) is 18.4 Å². The lowest BCUT2D eigenvalue weighted by atomic mass is 10.3. The van der Waals surface area contributed by atoms with E-state index in [1.807, 2.05) is 14.1 Å². The molecule has 0 radical (unpaired) electrons. The zero-order chi connectivity index (χ0) is 17.9. The van der Waals surface area contributed by atoms with Crippen molar-refractivity contribution in [1.29, 1.82) is 0 Å². The maximum absolute atomic E-state index is 12.5. The van der Waals surface area contributed by atoms with Crippen LogP contribution in [-0.4, -0.2) is 62.1 Å². The molecule has 0 atom stereocenters. The lowest BCUT2D eigenvalue weighted by Gasteiger charge is -2.23. The molecule has 0 aliphatic carbocycles. The fraction of sp³-hybridized carbons (Fsp3) is 0.529. The summed E-state index contributed by atoms with van der Waals surface area (Å²) in [5.41, 5.74) is 0.626. The third-order valence-electron chi connectivity index (χ3n) is 3.29. The van der Waals surface area contributed by atoms with Gasteiger partial charge in [0.2, 0.25) is 0 Å². The first-order valence-corrected chi connectivity index (χ1v) is 8.42. The summed E-state index contributed by atoms with van der Waals surface area (Å²) in [7, 11) is 3.96. The minimum absolute atomic E-state index is 0.179. The lowest BCUT2D eigenvalue weighted by Crippen LogP contribution is -2.38. The second-order valence-corrected chi connectivity index (χ2v) is 6.08. The minimum Gasteiger partial charge on any atom is -0.466 e. The van der Waals surface area contributed by atoms with E-state index in [1.165, 1.54) is 0 Å². The molecule has 0 aliphatic rings. The Bertz CT molecular complexity index is 538. The standard InChI is InChI=1S/C17H26ClN3O3/c1-4-24-16(22)9-12-21(11-6-10-20(2)3)17(23)19-15-8-5-7-14(18)13-15/h5,7-8,13H,4,6,9-12H2,1-3H3,(H,19,23). The van der Waals surface area contributed by atoms with Gasteiger partial charge in [-0.25, -0.2) is 4.79 Å². The molecular weight excluding hydrogens is 330 g/mol. The van der Waals surface area contributed by atoms with Gasteiger partial charge in [0.25, 0.3) is 0 Å². The van der Waals surface area contributed by atoms with Crippen molar-refractivity contribution in [3.63, 3.8) is 0 Å². The molecule has 0 saturated heterocycles. The molecule has 1 rings (SSSR count). The van der Waals surface area contributed by atoms with Crippen LogP contribution in [0.25, 0.3) is 0 Å². The summed E-state index contributed by atoms with van der Waals surface area (Å²) >= 11 is 5.93. The molecule has 0 aromatic heterocycles. The quantitative estimate of drug-likeness (QED) is 0.691. The third kappa shape index (κ3) is 8.17. The molecule has 24 heavy (non-hydrogen) atoms. The molecule has 0 fully saturated rings. The maximum atomic E-state index is 12.5. The Morgan fingerprint density at radius 3 is 2.58 bits per heavy atom. The Balaban J connectivity index is 2.63. The molecule has 1 aromatic rings. The van der Waals surface area contributed by atoms with Crippen LogP contribution in [0.5, 0.6) is 0 Å². The van der Waals surface area contributed by atoms with Crippen molar-refractivity contribution in [2.24, 2.45) is 0 Å². The number of benzene rings is 1. The Morgan fingerprint density at radius 1 is 1.21 bits per heavy atom. The molecule has 6 nitrogen and oxygen atoms in total. The predicted octanol–water partition coefficient (Wildman–Crippen LogP) is 3.08. The van der Waals surface area contributed by atoms with Crippen LogP contribution in [0.4, 0.5) is 10.5 Å². The molecule has 0 unspecified atom stereocenters. The number of hydrogen-bond acceptors (Lipinski definition) is 4. The molecule has 2 amide bonds. The second kappa shape index (κ2) is 10.9. The topological polar surface area (TPSA) is 61.9 Å². The van der Waals surface area contributed by atoms with E-state index in [0.29, 0.717) is 30.4 Å². The maximum Gasteiger partial charge on any atom is 0.321 e. The van der Waals surface area contributed by atoms with Crippen molar-refractivity contribution in [1.82, 2.24) is 9.80 Å². The summed E-state index contributed by atoms with van der Waals surface area (Å²) in [5, 5.41) is 3.37. The molecule has 0 bridgehead atoms. The minimum atomic E-state index is -0.300. The van der Waals surface area contributed by atoms with Gasteiger partial charge in [-0.15, -0.1) is 0 Å². The van der Waals surface area contributed by atoms with Crippen LogP contribution in [0.1, 0.15) is 19.8 Å². The summed E-state index contributed by atoms with van der Waals surface area (Å²) < 4.78 is 4.93.